The van der Waals surface area contributed by atoms with Crippen LogP contribution in [-0.4, -0.2) is 17.4 Å². The van der Waals surface area contributed by atoms with Crippen LogP contribution in [0.25, 0.3) is 0 Å². The molecule has 1 heterocycles. The van der Waals surface area contributed by atoms with Crippen molar-refractivity contribution < 1.29 is 4.79 Å². The molecule has 1 aliphatic heterocycles. The summed E-state index contributed by atoms with van der Waals surface area (Å²) < 4.78 is 0. The molecule has 0 fully saturated rings. The maximum atomic E-state index is 12.6. The molecule has 3 heteroatoms. The van der Waals surface area contributed by atoms with E-state index in [4.69, 9.17) is 5.26 Å². The molecule has 2 aromatic rings. The van der Waals surface area contributed by atoms with Gasteiger partial charge in [0.25, 0.3) is 5.91 Å². The van der Waals surface area contributed by atoms with Gasteiger partial charge in [-0.25, -0.2) is 0 Å². The van der Waals surface area contributed by atoms with Crippen LogP contribution in [0.1, 0.15) is 39.9 Å². The molecule has 0 saturated heterocycles. The summed E-state index contributed by atoms with van der Waals surface area (Å²) in [7, 11) is 0. The lowest BCUT2D eigenvalue weighted by atomic mass is 9.91. The van der Waals surface area contributed by atoms with Crippen molar-refractivity contribution in [3.05, 3.63) is 70.8 Å². The molecule has 1 unspecified atom stereocenters. The van der Waals surface area contributed by atoms with E-state index >= 15 is 0 Å². The zero-order chi connectivity index (χ0) is 14.8. The van der Waals surface area contributed by atoms with E-state index in [9.17, 15) is 4.79 Å². The Morgan fingerprint density at radius 2 is 2.05 bits per heavy atom. The molecule has 2 aromatic carbocycles. The van der Waals surface area contributed by atoms with Gasteiger partial charge in [-0.2, -0.15) is 5.26 Å². The average Bonchev–Trinajstić information content (AvgIpc) is 2.54. The highest BCUT2D eigenvalue weighted by molar-refractivity contribution is 5.94. The largest absolute Gasteiger partial charge is 0.334 e. The topological polar surface area (TPSA) is 44.1 Å². The third-order valence-corrected chi connectivity index (χ3v) is 3.97. The Kier molecular flexibility index (Phi) is 3.45. The fourth-order valence-corrected chi connectivity index (χ4v) is 2.92. The highest BCUT2D eigenvalue weighted by Gasteiger charge is 2.25. The zero-order valence-corrected chi connectivity index (χ0v) is 11.9. The summed E-state index contributed by atoms with van der Waals surface area (Å²) in [4.78, 5) is 14.5. The van der Waals surface area contributed by atoms with E-state index in [1.165, 1.54) is 11.1 Å². The Hall–Kier alpha value is -2.60. The molecule has 1 atom stereocenters. The number of nitrogens with zero attached hydrogens (tertiary/aromatic N) is 2. The monoisotopic (exact) mass is 276 g/mol. The van der Waals surface area contributed by atoms with Crippen LogP contribution in [0.4, 0.5) is 0 Å². The van der Waals surface area contributed by atoms with Crippen LogP contribution < -0.4 is 0 Å². The maximum absolute atomic E-state index is 12.6. The number of benzene rings is 2. The van der Waals surface area contributed by atoms with Crippen molar-refractivity contribution in [1.82, 2.24) is 4.90 Å². The first-order valence-corrected chi connectivity index (χ1v) is 7.06. The van der Waals surface area contributed by atoms with E-state index in [0.29, 0.717) is 30.1 Å². The van der Waals surface area contributed by atoms with Crippen molar-refractivity contribution in [3.8, 4) is 6.07 Å². The second-order valence-corrected chi connectivity index (χ2v) is 5.48. The number of rotatable bonds is 1. The SMILES string of the molecule is CC1CN(C(=O)c2cccc(C#N)c2)Cc2ccccc21. The number of carbonyl (C=O) groups is 1. The summed E-state index contributed by atoms with van der Waals surface area (Å²) in [6.45, 7) is 3.49. The zero-order valence-electron chi connectivity index (χ0n) is 11.9. The highest BCUT2D eigenvalue weighted by Crippen LogP contribution is 2.28. The molecule has 1 amide bonds. The maximum Gasteiger partial charge on any atom is 0.254 e. The number of hydrogen-bond donors (Lipinski definition) is 0. The summed E-state index contributed by atoms with van der Waals surface area (Å²) in [6, 6.07) is 17.3. The molecule has 0 spiro atoms. The fourth-order valence-electron chi connectivity index (χ4n) is 2.92. The van der Waals surface area contributed by atoms with Gasteiger partial charge in [0.05, 0.1) is 11.6 Å². The van der Waals surface area contributed by atoms with E-state index < -0.39 is 0 Å². The lowest BCUT2D eigenvalue weighted by Gasteiger charge is -2.33. The summed E-state index contributed by atoms with van der Waals surface area (Å²) in [5.74, 6) is 0.325. The number of amides is 1. The summed E-state index contributed by atoms with van der Waals surface area (Å²) in [5, 5.41) is 8.95. The quantitative estimate of drug-likeness (QED) is 0.802. The molecule has 21 heavy (non-hydrogen) atoms. The van der Waals surface area contributed by atoms with Gasteiger partial charge < -0.3 is 4.90 Å². The Labute approximate surface area is 124 Å². The first-order valence-electron chi connectivity index (χ1n) is 7.06. The normalized spacial score (nSPS) is 17.0. The molecular weight excluding hydrogens is 260 g/mol. The van der Waals surface area contributed by atoms with Crippen LogP contribution in [-0.2, 0) is 6.54 Å². The summed E-state index contributed by atoms with van der Waals surface area (Å²) in [6.07, 6.45) is 0. The van der Waals surface area contributed by atoms with Crippen molar-refractivity contribution in [2.75, 3.05) is 6.54 Å². The number of carbonyl (C=O) groups excluding carboxylic acids is 1. The minimum Gasteiger partial charge on any atom is -0.334 e. The number of hydrogen-bond acceptors (Lipinski definition) is 2. The smallest absolute Gasteiger partial charge is 0.254 e. The van der Waals surface area contributed by atoms with Gasteiger partial charge in [-0.05, 0) is 35.2 Å². The van der Waals surface area contributed by atoms with Crippen molar-refractivity contribution in [1.29, 1.82) is 5.26 Å². The molecule has 0 aromatic heterocycles. The fraction of sp³-hybridized carbons (Fsp3) is 0.222. The molecule has 0 N–H and O–H groups in total. The van der Waals surface area contributed by atoms with E-state index in [0.717, 1.165) is 0 Å². The van der Waals surface area contributed by atoms with Gasteiger partial charge in [0.1, 0.15) is 0 Å². The Bertz CT molecular complexity index is 730. The van der Waals surface area contributed by atoms with Crippen molar-refractivity contribution in [3.63, 3.8) is 0 Å². The van der Waals surface area contributed by atoms with Gasteiger partial charge in [0, 0.05) is 18.7 Å². The van der Waals surface area contributed by atoms with Crippen LogP contribution in [0.15, 0.2) is 48.5 Å². The minimum absolute atomic E-state index is 0.00606. The predicted octanol–water partition coefficient (Wildman–Crippen LogP) is 3.32. The second-order valence-electron chi connectivity index (χ2n) is 5.48. The molecule has 104 valence electrons. The van der Waals surface area contributed by atoms with E-state index in [1.807, 2.05) is 17.0 Å². The lowest BCUT2D eigenvalue weighted by molar-refractivity contribution is 0.0721. The summed E-state index contributed by atoms with van der Waals surface area (Å²) >= 11 is 0. The van der Waals surface area contributed by atoms with E-state index in [2.05, 4.69) is 25.1 Å². The van der Waals surface area contributed by atoms with Gasteiger partial charge in [-0.1, -0.05) is 37.3 Å². The van der Waals surface area contributed by atoms with Crippen molar-refractivity contribution >= 4 is 5.91 Å². The molecular formula is C18H16N2O. The predicted molar refractivity (Wildman–Crippen MR) is 80.8 cm³/mol. The number of fused-ring (bicyclic) bond motifs is 1. The standard InChI is InChI=1S/C18H16N2O/c1-13-11-20(12-16-6-2-3-8-17(13)16)18(21)15-7-4-5-14(9-15)10-19/h2-9,13H,11-12H2,1H3. The Morgan fingerprint density at radius 1 is 1.24 bits per heavy atom. The van der Waals surface area contributed by atoms with Crippen LogP contribution in [0.5, 0.6) is 0 Å². The third-order valence-electron chi connectivity index (χ3n) is 3.97. The molecule has 0 bridgehead atoms. The molecule has 3 rings (SSSR count). The van der Waals surface area contributed by atoms with Gasteiger partial charge in [0.15, 0.2) is 0 Å². The first-order chi connectivity index (χ1) is 10.2. The minimum atomic E-state index is -0.00606. The average molecular weight is 276 g/mol. The van der Waals surface area contributed by atoms with Crippen LogP contribution in [0, 0.1) is 11.3 Å². The van der Waals surface area contributed by atoms with Gasteiger partial charge >= 0.3 is 0 Å². The molecule has 1 aliphatic rings. The third kappa shape index (κ3) is 2.53. The lowest BCUT2D eigenvalue weighted by Crippen LogP contribution is -2.37. The highest BCUT2D eigenvalue weighted by atomic mass is 16.2. The Morgan fingerprint density at radius 3 is 2.86 bits per heavy atom. The first kappa shape index (κ1) is 13.4. The van der Waals surface area contributed by atoms with E-state index in [-0.39, 0.29) is 5.91 Å². The molecule has 0 saturated carbocycles. The van der Waals surface area contributed by atoms with Gasteiger partial charge in [-0.3, -0.25) is 4.79 Å². The second kappa shape index (κ2) is 5.41. The molecule has 3 nitrogen and oxygen atoms in total. The summed E-state index contributed by atoms with van der Waals surface area (Å²) in [5.41, 5.74) is 3.64. The van der Waals surface area contributed by atoms with Gasteiger partial charge in [0.2, 0.25) is 0 Å². The number of nitriles is 1. The molecule has 0 radical (unpaired) electrons. The van der Waals surface area contributed by atoms with Crippen molar-refractivity contribution in [2.45, 2.75) is 19.4 Å². The van der Waals surface area contributed by atoms with Crippen LogP contribution in [0.3, 0.4) is 0 Å². The Balaban J connectivity index is 1.88. The van der Waals surface area contributed by atoms with Crippen LogP contribution in [0.2, 0.25) is 0 Å². The van der Waals surface area contributed by atoms with Crippen molar-refractivity contribution in [2.24, 2.45) is 0 Å². The van der Waals surface area contributed by atoms with Gasteiger partial charge in [-0.15, -0.1) is 0 Å². The van der Waals surface area contributed by atoms with E-state index in [1.54, 1.807) is 24.3 Å². The van der Waals surface area contributed by atoms with Crippen LogP contribution >= 0.6 is 0 Å². The molecule has 0 aliphatic carbocycles.